The summed E-state index contributed by atoms with van der Waals surface area (Å²) in [6.07, 6.45) is 6.51. The number of hydrogen-bond donors (Lipinski definition) is 2. The lowest BCUT2D eigenvalue weighted by atomic mass is 9.45. The number of allylic oxidation sites excluding steroid dienone is 1. The van der Waals surface area contributed by atoms with E-state index in [-0.39, 0.29) is 34.7 Å². The summed E-state index contributed by atoms with van der Waals surface area (Å²) in [7, 11) is 0. The summed E-state index contributed by atoms with van der Waals surface area (Å²) in [6.45, 7) is 6.73. The number of aliphatic hydroxyl groups excluding tert-OH is 2. The van der Waals surface area contributed by atoms with Gasteiger partial charge in [0.05, 0.1) is 12.2 Å². The first-order valence-corrected chi connectivity index (χ1v) is 9.38. The minimum absolute atomic E-state index is 0.0372. The monoisotopic (exact) mass is 318 g/mol. The van der Waals surface area contributed by atoms with Crippen LogP contribution < -0.4 is 0 Å². The number of carbonyl (C=O) groups excluding carboxylic acids is 1. The van der Waals surface area contributed by atoms with E-state index in [1.165, 1.54) is 5.57 Å². The first-order chi connectivity index (χ1) is 10.8. The van der Waals surface area contributed by atoms with Gasteiger partial charge in [-0.15, -0.1) is 0 Å². The largest absolute Gasteiger partial charge is 0.393 e. The highest BCUT2D eigenvalue weighted by atomic mass is 16.3. The predicted octanol–water partition coefficient (Wildman–Crippen LogP) is 3.10. The fraction of sp³-hybridized carbons (Fsp3) is 0.850. The molecule has 0 spiro atoms. The Morgan fingerprint density at radius 3 is 2.70 bits per heavy atom. The van der Waals surface area contributed by atoms with Crippen LogP contribution >= 0.6 is 0 Å². The van der Waals surface area contributed by atoms with Crippen LogP contribution in [0.15, 0.2) is 11.6 Å². The van der Waals surface area contributed by atoms with Crippen molar-refractivity contribution in [3.63, 3.8) is 0 Å². The zero-order chi connectivity index (χ0) is 16.6. The smallest absolute Gasteiger partial charge is 0.155 e. The number of carbonyl (C=O) groups is 1. The molecule has 0 aromatic carbocycles. The van der Waals surface area contributed by atoms with Gasteiger partial charge in [0.1, 0.15) is 0 Å². The molecule has 128 valence electrons. The summed E-state index contributed by atoms with van der Waals surface area (Å²) in [4.78, 5) is 12.0. The molecular formula is C20H30O3. The number of hydrogen-bond acceptors (Lipinski definition) is 3. The third-order valence-electron chi connectivity index (χ3n) is 8.16. The molecule has 0 aromatic heterocycles. The number of fused-ring (bicyclic) bond motifs is 5. The van der Waals surface area contributed by atoms with Gasteiger partial charge in [0.15, 0.2) is 5.78 Å². The Kier molecular flexibility index (Phi) is 3.39. The van der Waals surface area contributed by atoms with Gasteiger partial charge in [0.25, 0.3) is 0 Å². The highest BCUT2D eigenvalue weighted by Gasteiger charge is 2.62. The number of aliphatic hydroxyl groups is 2. The van der Waals surface area contributed by atoms with E-state index in [2.05, 4.69) is 20.8 Å². The SMILES string of the molecule is C[C@@H]1C[C@@H]2[C@H]([C@@H](O)C[C@]3(C)[C@H](O)CC[C@@H]23)[C@@]2(C)CCC(=O)C=C12. The van der Waals surface area contributed by atoms with Gasteiger partial charge in [0.2, 0.25) is 0 Å². The second-order valence-corrected chi connectivity index (χ2v) is 9.29. The maximum Gasteiger partial charge on any atom is 0.155 e. The number of rotatable bonds is 0. The van der Waals surface area contributed by atoms with Gasteiger partial charge < -0.3 is 10.2 Å². The molecule has 3 saturated carbocycles. The van der Waals surface area contributed by atoms with Crippen molar-refractivity contribution in [1.82, 2.24) is 0 Å². The molecule has 3 nitrogen and oxygen atoms in total. The Morgan fingerprint density at radius 1 is 1.22 bits per heavy atom. The first-order valence-electron chi connectivity index (χ1n) is 9.38. The average molecular weight is 318 g/mol. The van der Waals surface area contributed by atoms with Crippen molar-refractivity contribution in [2.24, 2.45) is 34.5 Å². The second kappa shape index (κ2) is 4.92. The highest BCUT2D eigenvalue weighted by molar-refractivity contribution is 5.91. The molecule has 23 heavy (non-hydrogen) atoms. The van der Waals surface area contributed by atoms with Crippen LogP contribution in [0.5, 0.6) is 0 Å². The van der Waals surface area contributed by atoms with Gasteiger partial charge in [-0.25, -0.2) is 0 Å². The summed E-state index contributed by atoms with van der Waals surface area (Å²) in [5.41, 5.74) is 1.13. The molecule has 3 fully saturated rings. The minimum Gasteiger partial charge on any atom is -0.393 e. The minimum atomic E-state index is -0.358. The first kappa shape index (κ1) is 15.8. The summed E-state index contributed by atoms with van der Waals surface area (Å²) >= 11 is 0. The van der Waals surface area contributed by atoms with Crippen LogP contribution in [0.3, 0.4) is 0 Å². The van der Waals surface area contributed by atoms with Crippen molar-refractivity contribution < 1.29 is 15.0 Å². The molecule has 3 heteroatoms. The van der Waals surface area contributed by atoms with Gasteiger partial charge in [-0.2, -0.15) is 0 Å². The van der Waals surface area contributed by atoms with Gasteiger partial charge in [0, 0.05) is 6.42 Å². The van der Waals surface area contributed by atoms with E-state index in [4.69, 9.17) is 0 Å². The van der Waals surface area contributed by atoms with E-state index in [0.717, 1.165) is 25.7 Å². The van der Waals surface area contributed by atoms with Crippen LogP contribution in [0, 0.1) is 34.5 Å². The highest BCUT2D eigenvalue weighted by Crippen LogP contribution is 2.66. The molecule has 0 aromatic rings. The lowest BCUT2D eigenvalue weighted by Crippen LogP contribution is -2.58. The summed E-state index contributed by atoms with van der Waals surface area (Å²) in [5.74, 6) is 1.92. The van der Waals surface area contributed by atoms with Crippen molar-refractivity contribution in [3.8, 4) is 0 Å². The molecular weight excluding hydrogens is 288 g/mol. The molecule has 0 aliphatic heterocycles. The van der Waals surface area contributed by atoms with E-state index in [9.17, 15) is 15.0 Å². The van der Waals surface area contributed by atoms with Crippen molar-refractivity contribution in [1.29, 1.82) is 0 Å². The molecule has 0 heterocycles. The molecule has 0 radical (unpaired) electrons. The molecule has 8 atom stereocenters. The van der Waals surface area contributed by atoms with Crippen molar-refractivity contribution in [2.75, 3.05) is 0 Å². The predicted molar refractivity (Wildman–Crippen MR) is 88.7 cm³/mol. The van der Waals surface area contributed by atoms with Crippen LogP contribution in [0.2, 0.25) is 0 Å². The van der Waals surface area contributed by atoms with E-state index in [0.29, 0.717) is 30.6 Å². The molecule has 0 saturated heterocycles. The van der Waals surface area contributed by atoms with Crippen LogP contribution in [-0.4, -0.2) is 28.2 Å². The van der Waals surface area contributed by atoms with Gasteiger partial charge in [-0.05, 0) is 72.7 Å². The van der Waals surface area contributed by atoms with Crippen molar-refractivity contribution in [2.45, 2.75) is 71.5 Å². The van der Waals surface area contributed by atoms with Gasteiger partial charge >= 0.3 is 0 Å². The van der Waals surface area contributed by atoms with Gasteiger partial charge in [-0.3, -0.25) is 4.79 Å². The summed E-state index contributed by atoms with van der Waals surface area (Å²) < 4.78 is 0. The fourth-order valence-corrected chi connectivity index (χ4v) is 7.09. The summed E-state index contributed by atoms with van der Waals surface area (Å²) in [6, 6.07) is 0. The molecule has 0 unspecified atom stereocenters. The van der Waals surface area contributed by atoms with Gasteiger partial charge in [-0.1, -0.05) is 26.3 Å². The second-order valence-electron chi connectivity index (χ2n) is 9.29. The standard InChI is InChI=1S/C20H30O3/c1-11-8-13-14-4-5-17(23)20(14,3)10-16(22)18(13)19(2)7-6-12(21)9-15(11)19/h9,11,13-14,16-18,22-23H,4-8,10H2,1-3H3/t11-,13+,14+,16+,17-,18-,19+,20+/m1/s1. The van der Waals surface area contributed by atoms with Crippen LogP contribution in [0.4, 0.5) is 0 Å². The van der Waals surface area contributed by atoms with Crippen LogP contribution in [0.25, 0.3) is 0 Å². The van der Waals surface area contributed by atoms with E-state index in [1.54, 1.807) is 0 Å². The summed E-state index contributed by atoms with van der Waals surface area (Å²) in [5, 5.41) is 21.6. The number of ketones is 1. The quantitative estimate of drug-likeness (QED) is 0.721. The third-order valence-corrected chi connectivity index (χ3v) is 8.16. The molecule has 0 amide bonds. The van der Waals surface area contributed by atoms with Crippen molar-refractivity contribution >= 4 is 5.78 Å². The molecule has 0 bridgehead atoms. The van der Waals surface area contributed by atoms with E-state index >= 15 is 0 Å². The lowest BCUT2D eigenvalue weighted by Gasteiger charge is -2.60. The maximum absolute atomic E-state index is 12.0. The zero-order valence-electron chi connectivity index (χ0n) is 14.6. The van der Waals surface area contributed by atoms with Crippen LogP contribution in [-0.2, 0) is 4.79 Å². The van der Waals surface area contributed by atoms with E-state index < -0.39 is 0 Å². The Balaban J connectivity index is 1.78. The normalized spacial score (nSPS) is 55.7. The molecule has 2 N–H and O–H groups in total. The zero-order valence-corrected chi connectivity index (χ0v) is 14.6. The Morgan fingerprint density at radius 2 is 1.96 bits per heavy atom. The fourth-order valence-electron chi connectivity index (χ4n) is 7.09. The Hall–Kier alpha value is -0.670. The average Bonchev–Trinajstić information content (AvgIpc) is 2.76. The Bertz CT molecular complexity index is 567. The topological polar surface area (TPSA) is 57.5 Å². The molecule has 4 rings (SSSR count). The lowest BCUT2D eigenvalue weighted by molar-refractivity contribution is -0.147. The molecule has 4 aliphatic carbocycles. The van der Waals surface area contributed by atoms with E-state index in [1.807, 2.05) is 6.08 Å². The maximum atomic E-state index is 12.0. The van der Waals surface area contributed by atoms with Crippen molar-refractivity contribution in [3.05, 3.63) is 11.6 Å². The Labute approximate surface area is 139 Å². The third kappa shape index (κ3) is 1.99. The van der Waals surface area contributed by atoms with Crippen LogP contribution in [0.1, 0.15) is 59.3 Å². The molecule has 4 aliphatic rings.